The van der Waals surface area contributed by atoms with Crippen LogP contribution in [0.2, 0.25) is 0 Å². The van der Waals surface area contributed by atoms with E-state index in [1.165, 1.54) is 19.2 Å². The number of amides is 2. The number of carbonyl (C=O) groups is 2. The summed E-state index contributed by atoms with van der Waals surface area (Å²) < 4.78 is 19.7. The van der Waals surface area contributed by atoms with Crippen molar-refractivity contribution in [1.82, 2.24) is 15.5 Å². The molecule has 0 aliphatic heterocycles. The quantitative estimate of drug-likeness (QED) is 0.641. The average Bonchev–Trinajstić information content (AvgIpc) is 2.71. The first-order valence-corrected chi connectivity index (χ1v) is 9.52. The number of ether oxygens (including phenoxy) is 1. The number of hydrogen-bond acceptors (Lipinski definition) is 4. The van der Waals surface area contributed by atoms with Gasteiger partial charge in [0.2, 0.25) is 5.91 Å². The summed E-state index contributed by atoms with van der Waals surface area (Å²) in [6.45, 7) is 0.727. The number of likely N-dealkylation sites (N-methyl/N-ethyl adjacent to an activating group) is 1. The van der Waals surface area contributed by atoms with Crippen molar-refractivity contribution in [2.24, 2.45) is 0 Å². The standard InChI is InChI=1S/C22H28FN3O3/c1-24-22(28)19-10-9-16(14-20(19)23)13-17(26(2)3)15-25-21(27)11-12-29-18-7-5-4-6-8-18/h4-10,14,17H,11-13,15H2,1-3H3,(H,24,28)(H,25,27). The van der Waals surface area contributed by atoms with Crippen LogP contribution in [0.15, 0.2) is 48.5 Å². The zero-order chi connectivity index (χ0) is 21.2. The van der Waals surface area contributed by atoms with E-state index in [0.29, 0.717) is 19.6 Å². The molecular weight excluding hydrogens is 373 g/mol. The number of para-hydroxylation sites is 1. The second-order valence-electron chi connectivity index (χ2n) is 6.93. The van der Waals surface area contributed by atoms with Gasteiger partial charge in [-0.25, -0.2) is 4.39 Å². The minimum Gasteiger partial charge on any atom is -0.493 e. The number of carbonyl (C=O) groups excluding carboxylic acids is 2. The van der Waals surface area contributed by atoms with Gasteiger partial charge in [-0.3, -0.25) is 9.59 Å². The Kier molecular flexibility index (Phi) is 8.61. The summed E-state index contributed by atoms with van der Waals surface area (Å²) >= 11 is 0. The molecule has 6 nitrogen and oxygen atoms in total. The Balaban J connectivity index is 1.84. The summed E-state index contributed by atoms with van der Waals surface area (Å²) in [7, 11) is 5.28. The summed E-state index contributed by atoms with van der Waals surface area (Å²) in [5.41, 5.74) is 0.778. The molecule has 2 aromatic rings. The molecule has 2 amide bonds. The lowest BCUT2D eigenvalue weighted by Crippen LogP contribution is -2.41. The average molecular weight is 401 g/mol. The summed E-state index contributed by atoms with van der Waals surface area (Å²) in [4.78, 5) is 25.7. The molecule has 156 valence electrons. The van der Waals surface area contributed by atoms with E-state index in [9.17, 15) is 14.0 Å². The highest BCUT2D eigenvalue weighted by atomic mass is 19.1. The minimum atomic E-state index is -0.554. The number of halogens is 1. The van der Waals surface area contributed by atoms with E-state index in [4.69, 9.17) is 4.74 Å². The molecule has 0 saturated carbocycles. The Bertz CT molecular complexity index is 812. The van der Waals surface area contributed by atoms with E-state index < -0.39 is 11.7 Å². The Hall–Kier alpha value is -2.93. The number of rotatable bonds is 10. The van der Waals surface area contributed by atoms with Crippen LogP contribution in [0.5, 0.6) is 5.75 Å². The maximum atomic E-state index is 14.2. The van der Waals surface area contributed by atoms with Crippen molar-refractivity contribution in [3.8, 4) is 5.75 Å². The number of hydrogen-bond donors (Lipinski definition) is 2. The molecule has 1 atom stereocenters. The zero-order valence-corrected chi connectivity index (χ0v) is 17.1. The van der Waals surface area contributed by atoms with Crippen LogP contribution in [0.25, 0.3) is 0 Å². The fourth-order valence-electron chi connectivity index (χ4n) is 2.81. The molecule has 0 saturated heterocycles. The molecule has 1 unspecified atom stereocenters. The van der Waals surface area contributed by atoms with Crippen molar-refractivity contribution in [3.63, 3.8) is 0 Å². The lowest BCUT2D eigenvalue weighted by molar-refractivity contribution is -0.121. The Labute approximate surface area is 171 Å². The highest BCUT2D eigenvalue weighted by Crippen LogP contribution is 2.14. The lowest BCUT2D eigenvalue weighted by atomic mass is 10.0. The highest BCUT2D eigenvalue weighted by Gasteiger charge is 2.16. The van der Waals surface area contributed by atoms with E-state index in [0.717, 1.165) is 11.3 Å². The van der Waals surface area contributed by atoms with Gasteiger partial charge in [0.1, 0.15) is 11.6 Å². The smallest absolute Gasteiger partial charge is 0.253 e. The first-order valence-electron chi connectivity index (χ1n) is 9.52. The minimum absolute atomic E-state index is 0.0146. The van der Waals surface area contributed by atoms with Crippen molar-refractivity contribution in [2.75, 3.05) is 34.3 Å². The first-order chi connectivity index (χ1) is 13.9. The molecule has 0 fully saturated rings. The van der Waals surface area contributed by atoms with Gasteiger partial charge >= 0.3 is 0 Å². The second kappa shape index (κ2) is 11.2. The molecule has 2 N–H and O–H groups in total. The highest BCUT2D eigenvalue weighted by molar-refractivity contribution is 5.94. The van der Waals surface area contributed by atoms with E-state index in [-0.39, 0.29) is 23.9 Å². The van der Waals surface area contributed by atoms with Crippen LogP contribution in [0.3, 0.4) is 0 Å². The summed E-state index contributed by atoms with van der Waals surface area (Å²) in [5, 5.41) is 5.32. The van der Waals surface area contributed by atoms with Gasteiger partial charge in [0.05, 0.1) is 18.6 Å². The third kappa shape index (κ3) is 7.19. The van der Waals surface area contributed by atoms with Crippen LogP contribution in [-0.2, 0) is 11.2 Å². The Morgan fingerprint density at radius 2 is 1.86 bits per heavy atom. The lowest BCUT2D eigenvalue weighted by Gasteiger charge is -2.25. The molecule has 0 aromatic heterocycles. The monoisotopic (exact) mass is 401 g/mol. The zero-order valence-electron chi connectivity index (χ0n) is 17.1. The predicted molar refractivity (Wildman–Crippen MR) is 111 cm³/mol. The van der Waals surface area contributed by atoms with Crippen LogP contribution >= 0.6 is 0 Å². The van der Waals surface area contributed by atoms with Crippen molar-refractivity contribution < 1.29 is 18.7 Å². The molecule has 29 heavy (non-hydrogen) atoms. The summed E-state index contributed by atoms with van der Waals surface area (Å²) in [6.07, 6.45) is 0.795. The van der Waals surface area contributed by atoms with Gasteiger partial charge in [0, 0.05) is 19.6 Å². The largest absolute Gasteiger partial charge is 0.493 e. The fraction of sp³-hybridized carbons (Fsp3) is 0.364. The van der Waals surface area contributed by atoms with E-state index in [1.54, 1.807) is 6.07 Å². The third-order valence-corrected chi connectivity index (χ3v) is 4.58. The van der Waals surface area contributed by atoms with Crippen LogP contribution in [-0.4, -0.2) is 57.1 Å². The molecule has 0 heterocycles. The number of nitrogens with one attached hydrogen (secondary N) is 2. The topological polar surface area (TPSA) is 70.7 Å². The summed E-state index contributed by atoms with van der Waals surface area (Å²) in [5.74, 6) is -0.382. The Morgan fingerprint density at radius 3 is 2.48 bits per heavy atom. The van der Waals surface area contributed by atoms with E-state index >= 15 is 0 Å². The maximum Gasteiger partial charge on any atom is 0.253 e. The molecular formula is C22H28FN3O3. The van der Waals surface area contributed by atoms with Crippen LogP contribution in [0.4, 0.5) is 4.39 Å². The van der Waals surface area contributed by atoms with Gasteiger partial charge in [-0.15, -0.1) is 0 Å². The van der Waals surface area contributed by atoms with Crippen LogP contribution in [0, 0.1) is 5.82 Å². The molecule has 7 heteroatoms. The van der Waals surface area contributed by atoms with Crippen molar-refractivity contribution in [1.29, 1.82) is 0 Å². The predicted octanol–water partition coefficient (Wildman–Crippen LogP) is 2.24. The van der Waals surface area contributed by atoms with Crippen molar-refractivity contribution in [2.45, 2.75) is 18.9 Å². The fourth-order valence-corrected chi connectivity index (χ4v) is 2.81. The normalized spacial score (nSPS) is 11.8. The Morgan fingerprint density at radius 1 is 1.14 bits per heavy atom. The van der Waals surface area contributed by atoms with E-state index in [2.05, 4.69) is 10.6 Å². The molecule has 2 aromatic carbocycles. The first kappa shape index (κ1) is 22.4. The molecule has 0 radical (unpaired) electrons. The molecule has 2 rings (SSSR count). The van der Waals surface area contributed by atoms with Crippen LogP contribution in [0.1, 0.15) is 22.3 Å². The van der Waals surface area contributed by atoms with Gasteiger partial charge in [0.25, 0.3) is 5.91 Å². The number of nitrogens with zero attached hydrogens (tertiary/aromatic N) is 1. The van der Waals surface area contributed by atoms with Gasteiger partial charge in [-0.05, 0) is 50.3 Å². The van der Waals surface area contributed by atoms with Crippen molar-refractivity contribution in [3.05, 3.63) is 65.5 Å². The molecule has 0 bridgehead atoms. The third-order valence-electron chi connectivity index (χ3n) is 4.58. The van der Waals surface area contributed by atoms with Crippen molar-refractivity contribution >= 4 is 11.8 Å². The van der Waals surface area contributed by atoms with Crippen LogP contribution < -0.4 is 15.4 Å². The van der Waals surface area contributed by atoms with Gasteiger partial charge in [-0.2, -0.15) is 0 Å². The SMILES string of the molecule is CNC(=O)c1ccc(CC(CNC(=O)CCOc2ccccc2)N(C)C)cc1F. The summed E-state index contributed by atoms with van der Waals surface area (Å²) in [6, 6.07) is 13.9. The van der Waals surface area contributed by atoms with Gasteiger partial charge in [-0.1, -0.05) is 24.3 Å². The molecule has 0 aliphatic rings. The van der Waals surface area contributed by atoms with Gasteiger partial charge in [0.15, 0.2) is 0 Å². The van der Waals surface area contributed by atoms with Gasteiger partial charge < -0.3 is 20.3 Å². The second-order valence-corrected chi connectivity index (χ2v) is 6.93. The molecule has 0 spiro atoms. The van der Waals surface area contributed by atoms with E-state index in [1.807, 2.05) is 49.3 Å². The number of benzene rings is 2. The maximum absolute atomic E-state index is 14.2. The molecule has 0 aliphatic carbocycles.